The lowest BCUT2D eigenvalue weighted by Crippen LogP contribution is -2.35. The number of hydrogen-bond acceptors (Lipinski definition) is 7. The van der Waals surface area contributed by atoms with Crippen molar-refractivity contribution < 1.29 is 19.0 Å². The third-order valence-electron chi connectivity index (χ3n) is 6.60. The van der Waals surface area contributed by atoms with E-state index in [1.807, 2.05) is 66.7 Å². The summed E-state index contributed by atoms with van der Waals surface area (Å²) in [7, 11) is 4.75. The monoisotopic (exact) mass is 524 g/mol. The molecule has 1 unspecified atom stereocenters. The molecule has 2 heterocycles. The van der Waals surface area contributed by atoms with Gasteiger partial charge in [-0.3, -0.25) is 9.59 Å². The van der Waals surface area contributed by atoms with E-state index in [0.29, 0.717) is 23.6 Å². The van der Waals surface area contributed by atoms with Gasteiger partial charge in [-0.2, -0.15) is 10.2 Å². The molecule has 3 aromatic carbocycles. The lowest BCUT2D eigenvalue weighted by molar-refractivity contribution is -0.133. The molecular weight excluding hydrogens is 496 g/mol. The van der Waals surface area contributed by atoms with E-state index >= 15 is 0 Å². The van der Waals surface area contributed by atoms with Crippen molar-refractivity contribution in [1.29, 1.82) is 0 Å². The summed E-state index contributed by atoms with van der Waals surface area (Å²) in [5.41, 5.74) is 3.52. The molecule has 1 aromatic heterocycles. The van der Waals surface area contributed by atoms with Gasteiger partial charge in [0.2, 0.25) is 0 Å². The first-order valence-electron chi connectivity index (χ1n) is 12.4. The topological polar surface area (TPSA) is 95.2 Å². The zero-order valence-electron chi connectivity index (χ0n) is 21.9. The SMILES string of the molecule is COc1ccc(C2=NN(C(=O)Cn3nc(-c4ccccc4)ccc3=O)C(c3ccc(OC)c(OC)c3)C2)cc1. The second-order valence-corrected chi connectivity index (χ2v) is 8.93. The van der Waals surface area contributed by atoms with Gasteiger partial charge in [-0.25, -0.2) is 9.69 Å². The van der Waals surface area contributed by atoms with Crippen LogP contribution in [-0.4, -0.2) is 47.7 Å². The minimum absolute atomic E-state index is 0.261. The van der Waals surface area contributed by atoms with Crippen molar-refractivity contribution in [3.05, 3.63) is 106 Å². The van der Waals surface area contributed by atoms with Crippen LogP contribution in [0.1, 0.15) is 23.6 Å². The maximum Gasteiger partial charge on any atom is 0.267 e. The van der Waals surface area contributed by atoms with Gasteiger partial charge in [-0.15, -0.1) is 0 Å². The van der Waals surface area contributed by atoms with Crippen LogP contribution in [0.15, 0.2) is 94.8 Å². The highest BCUT2D eigenvalue weighted by Crippen LogP contribution is 2.37. The first-order chi connectivity index (χ1) is 19.0. The van der Waals surface area contributed by atoms with Gasteiger partial charge in [-0.05, 0) is 53.6 Å². The van der Waals surface area contributed by atoms with E-state index in [0.717, 1.165) is 28.2 Å². The van der Waals surface area contributed by atoms with Crippen molar-refractivity contribution in [3.63, 3.8) is 0 Å². The highest BCUT2D eigenvalue weighted by atomic mass is 16.5. The minimum atomic E-state index is -0.414. The van der Waals surface area contributed by atoms with Crippen LogP contribution in [-0.2, 0) is 11.3 Å². The fraction of sp³-hybridized carbons (Fsp3) is 0.200. The number of hydrazone groups is 1. The molecule has 0 fully saturated rings. The van der Waals surface area contributed by atoms with Crippen molar-refractivity contribution >= 4 is 11.6 Å². The van der Waals surface area contributed by atoms with Crippen LogP contribution in [0, 0.1) is 0 Å². The van der Waals surface area contributed by atoms with E-state index in [2.05, 4.69) is 5.10 Å². The summed E-state index contributed by atoms with van der Waals surface area (Å²) in [5.74, 6) is 1.50. The highest BCUT2D eigenvalue weighted by Gasteiger charge is 2.34. The van der Waals surface area contributed by atoms with Gasteiger partial charge >= 0.3 is 0 Å². The van der Waals surface area contributed by atoms with E-state index in [-0.39, 0.29) is 18.0 Å². The van der Waals surface area contributed by atoms with Crippen LogP contribution in [0.4, 0.5) is 0 Å². The molecule has 198 valence electrons. The van der Waals surface area contributed by atoms with Gasteiger partial charge < -0.3 is 14.2 Å². The third kappa shape index (κ3) is 5.38. The van der Waals surface area contributed by atoms with Crippen molar-refractivity contribution in [2.75, 3.05) is 21.3 Å². The normalized spacial score (nSPS) is 14.6. The number of carbonyl (C=O) groups excluding carboxylic acids is 1. The van der Waals surface area contributed by atoms with Gasteiger partial charge in [0.05, 0.1) is 38.8 Å². The highest BCUT2D eigenvalue weighted by molar-refractivity contribution is 6.03. The molecule has 0 N–H and O–H groups in total. The predicted octanol–water partition coefficient (Wildman–Crippen LogP) is 4.31. The molecule has 4 aromatic rings. The second-order valence-electron chi connectivity index (χ2n) is 8.93. The Morgan fingerprint density at radius 1 is 0.846 bits per heavy atom. The molecule has 1 aliphatic heterocycles. The number of ether oxygens (including phenoxy) is 3. The number of methoxy groups -OCH3 is 3. The number of carbonyl (C=O) groups is 1. The number of amides is 1. The number of rotatable bonds is 8. The van der Waals surface area contributed by atoms with Gasteiger partial charge in [-0.1, -0.05) is 36.4 Å². The smallest absolute Gasteiger partial charge is 0.267 e. The standard InChI is InChI=1S/C30H28N4O5/c1-37-23-12-9-21(10-13-23)25-18-26(22-11-15-27(38-2)28(17-22)39-3)34(32-25)30(36)19-33-29(35)16-14-24(31-33)20-7-5-4-6-8-20/h4-17,26H,18-19H2,1-3H3. The first kappa shape index (κ1) is 25.7. The molecule has 0 saturated heterocycles. The summed E-state index contributed by atoms with van der Waals surface area (Å²) in [6.45, 7) is -0.261. The van der Waals surface area contributed by atoms with Crippen molar-refractivity contribution in [2.45, 2.75) is 19.0 Å². The van der Waals surface area contributed by atoms with E-state index in [4.69, 9.17) is 19.3 Å². The summed E-state index contributed by atoms with van der Waals surface area (Å²) in [5, 5.41) is 10.6. The van der Waals surface area contributed by atoms with Crippen LogP contribution in [0.3, 0.4) is 0 Å². The predicted molar refractivity (Wildman–Crippen MR) is 147 cm³/mol. The average Bonchev–Trinajstić information content (AvgIpc) is 3.44. The molecule has 39 heavy (non-hydrogen) atoms. The first-order valence-corrected chi connectivity index (χ1v) is 12.4. The molecular formula is C30H28N4O5. The van der Waals surface area contributed by atoms with E-state index < -0.39 is 6.04 Å². The van der Waals surface area contributed by atoms with E-state index in [1.54, 1.807) is 33.5 Å². The molecule has 5 rings (SSSR count). The van der Waals surface area contributed by atoms with Crippen LogP contribution in [0.5, 0.6) is 17.2 Å². The third-order valence-corrected chi connectivity index (χ3v) is 6.60. The molecule has 0 saturated carbocycles. The maximum absolute atomic E-state index is 13.7. The molecule has 9 nitrogen and oxygen atoms in total. The van der Waals surface area contributed by atoms with Crippen LogP contribution in [0.25, 0.3) is 11.3 Å². The second kappa shape index (κ2) is 11.2. The van der Waals surface area contributed by atoms with Crippen molar-refractivity contribution in [3.8, 4) is 28.5 Å². The Hall–Kier alpha value is -4.92. The molecule has 1 atom stereocenters. The fourth-order valence-electron chi connectivity index (χ4n) is 4.54. The number of nitrogens with zero attached hydrogens (tertiary/aromatic N) is 4. The van der Waals surface area contributed by atoms with Gasteiger partial charge in [0.15, 0.2) is 11.5 Å². The molecule has 0 radical (unpaired) electrons. The Morgan fingerprint density at radius 2 is 1.59 bits per heavy atom. The van der Waals surface area contributed by atoms with Crippen LogP contribution < -0.4 is 19.8 Å². The van der Waals surface area contributed by atoms with Gasteiger partial charge in [0, 0.05) is 18.1 Å². The van der Waals surface area contributed by atoms with Gasteiger partial charge in [0.25, 0.3) is 11.5 Å². The summed E-state index contributed by atoms with van der Waals surface area (Å²) in [6.07, 6.45) is 0.472. The zero-order valence-corrected chi connectivity index (χ0v) is 21.9. The summed E-state index contributed by atoms with van der Waals surface area (Å²) >= 11 is 0. The van der Waals surface area contributed by atoms with Crippen molar-refractivity contribution in [1.82, 2.24) is 14.8 Å². The largest absolute Gasteiger partial charge is 0.497 e. The van der Waals surface area contributed by atoms with Crippen molar-refractivity contribution in [2.24, 2.45) is 5.10 Å². The van der Waals surface area contributed by atoms with Crippen LogP contribution >= 0.6 is 0 Å². The lowest BCUT2D eigenvalue weighted by Gasteiger charge is -2.23. The number of benzene rings is 3. The lowest BCUT2D eigenvalue weighted by atomic mass is 9.98. The Labute approximate surface area is 225 Å². The zero-order chi connectivity index (χ0) is 27.4. The quantitative estimate of drug-likeness (QED) is 0.341. The Bertz CT molecular complexity index is 1560. The molecule has 9 heteroatoms. The minimum Gasteiger partial charge on any atom is -0.497 e. The molecule has 0 spiro atoms. The maximum atomic E-state index is 13.7. The summed E-state index contributed by atoms with van der Waals surface area (Å²) < 4.78 is 17.3. The number of aromatic nitrogens is 2. The number of hydrogen-bond donors (Lipinski definition) is 0. The Kier molecular flexibility index (Phi) is 7.40. The Balaban J connectivity index is 1.49. The van der Waals surface area contributed by atoms with Crippen LogP contribution in [0.2, 0.25) is 0 Å². The summed E-state index contributed by atoms with van der Waals surface area (Å²) in [4.78, 5) is 26.4. The molecule has 0 aliphatic carbocycles. The molecule has 0 bridgehead atoms. The Morgan fingerprint density at radius 3 is 2.28 bits per heavy atom. The average molecular weight is 525 g/mol. The van der Waals surface area contributed by atoms with E-state index in [9.17, 15) is 9.59 Å². The fourth-order valence-corrected chi connectivity index (χ4v) is 4.54. The summed E-state index contributed by atoms with van der Waals surface area (Å²) in [6, 6.07) is 25.2. The molecule has 1 aliphatic rings. The van der Waals surface area contributed by atoms with Gasteiger partial charge in [0.1, 0.15) is 12.3 Å². The molecule has 1 amide bonds. The van der Waals surface area contributed by atoms with E-state index in [1.165, 1.54) is 15.8 Å².